The van der Waals surface area contributed by atoms with E-state index in [0.29, 0.717) is 24.0 Å². The van der Waals surface area contributed by atoms with Crippen LogP contribution in [0.5, 0.6) is 0 Å². The second-order valence-electron chi connectivity index (χ2n) is 5.05. The summed E-state index contributed by atoms with van der Waals surface area (Å²) in [7, 11) is 0. The molecule has 0 amide bonds. The van der Waals surface area contributed by atoms with Crippen molar-refractivity contribution < 1.29 is 4.74 Å². The minimum atomic E-state index is 0.178. The van der Waals surface area contributed by atoms with Crippen LogP contribution in [0.3, 0.4) is 0 Å². The Hall–Kier alpha value is -2.11. The Balaban J connectivity index is 1.54. The number of nitrogen functional groups attached to an aromatic ring is 1. The van der Waals surface area contributed by atoms with E-state index < -0.39 is 0 Å². The Bertz CT molecular complexity index is 757. The average Bonchev–Trinajstić information content (AvgIpc) is 2.91. The second kappa shape index (κ2) is 6.77. The molecule has 5 nitrogen and oxygen atoms in total. The van der Waals surface area contributed by atoms with Gasteiger partial charge in [0.2, 0.25) is 5.95 Å². The minimum Gasteiger partial charge on any atom is -0.377 e. The first-order valence-corrected chi connectivity index (χ1v) is 7.52. The molecular weight excluding hydrogens is 300 g/mol. The monoisotopic (exact) mass is 316 g/mol. The second-order valence-corrected chi connectivity index (χ2v) is 5.41. The summed E-state index contributed by atoms with van der Waals surface area (Å²) in [5.74, 6) is 0.178. The molecular formula is C16H17ClN4O. The van der Waals surface area contributed by atoms with Gasteiger partial charge in [-0.2, -0.15) is 4.98 Å². The molecule has 0 aliphatic heterocycles. The summed E-state index contributed by atoms with van der Waals surface area (Å²) in [4.78, 5) is 11.2. The largest absolute Gasteiger partial charge is 0.377 e. The molecule has 1 aromatic carbocycles. The van der Waals surface area contributed by atoms with Gasteiger partial charge in [-0.1, -0.05) is 41.9 Å². The molecule has 0 saturated carbocycles. The number of nitrogens with two attached hydrogens (primary N) is 1. The fourth-order valence-corrected chi connectivity index (χ4v) is 2.69. The molecule has 0 unspecified atom stereocenters. The van der Waals surface area contributed by atoms with Gasteiger partial charge in [0.15, 0.2) is 0 Å². The lowest BCUT2D eigenvalue weighted by Gasteiger charge is -2.04. The topological polar surface area (TPSA) is 76.8 Å². The van der Waals surface area contributed by atoms with Crippen molar-refractivity contribution in [1.82, 2.24) is 15.0 Å². The Kier molecular flexibility index (Phi) is 4.56. The molecule has 0 fully saturated rings. The van der Waals surface area contributed by atoms with Crippen molar-refractivity contribution in [2.75, 3.05) is 12.3 Å². The lowest BCUT2D eigenvalue weighted by atomic mass is 10.1. The van der Waals surface area contributed by atoms with Gasteiger partial charge in [0.05, 0.1) is 12.0 Å². The molecule has 2 aromatic heterocycles. The van der Waals surface area contributed by atoms with Gasteiger partial charge in [0.1, 0.15) is 10.8 Å². The predicted molar refractivity (Wildman–Crippen MR) is 87.7 cm³/mol. The number of hydrogen-bond acceptors (Lipinski definition) is 4. The Labute approximate surface area is 133 Å². The van der Waals surface area contributed by atoms with E-state index in [4.69, 9.17) is 22.1 Å². The van der Waals surface area contributed by atoms with E-state index in [-0.39, 0.29) is 5.95 Å². The van der Waals surface area contributed by atoms with Crippen LogP contribution in [0.1, 0.15) is 17.5 Å². The molecule has 0 aliphatic carbocycles. The molecule has 22 heavy (non-hydrogen) atoms. The lowest BCUT2D eigenvalue weighted by Crippen LogP contribution is -1.98. The number of anilines is 1. The zero-order chi connectivity index (χ0) is 15.4. The van der Waals surface area contributed by atoms with Crippen molar-refractivity contribution >= 4 is 28.6 Å². The summed E-state index contributed by atoms with van der Waals surface area (Å²) >= 11 is 6.15. The van der Waals surface area contributed by atoms with Crippen LogP contribution in [-0.2, 0) is 17.8 Å². The van der Waals surface area contributed by atoms with Crippen LogP contribution in [0.4, 0.5) is 5.95 Å². The molecule has 3 N–H and O–H groups in total. The molecule has 2 heterocycles. The van der Waals surface area contributed by atoms with Gasteiger partial charge in [-0.3, -0.25) is 0 Å². The number of ether oxygens (including phenoxy) is 1. The number of fused-ring (bicyclic) bond motifs is 1. The highest BCUT2D eigenvalue weighted by atomic mass is 35.5. The minimum absolute atomic E-state index is 0.178. The van der Waals surface area contributed by atoms with Crippen LogP contribution >= 0.6 is 11.6 Å². The fraction of sp³-hybridized carbons (Fsp3) is 0.250. The number of nitrogens with one attached hydrogen (secondary N) is 1. The van der Waals surface area contributed by atoms with E-state index >= 15 is 0 Å². The summed E-state index contributed by atoms with van der Waals surface area (Å²) < 4.78 is 5.68. The highest BCUT2D eigenvalue weighted by Crippen LogP contribution is 2.25. The zero-order valence-corrected chi connectivity index (χ0v) is 12.8. The Morgan fingerprint density at radius 2 is 2.00 bits per heavy atom. The third-order valence-corrected chi connectivity index (χ3v) is 3.71. The molecule has 0 atom stereocenters. The molecule has 3 rings (SSSR count). The van der Waals surface area contributed by atoms with Crippen molar-refractivity contribution in [3.8, 4) is 0 Å². The molecule has 0 saturated heterocycles. The van der Waals surface area contributed by atoms with E-state index in [1.807, 2.05) is 24.4 Å². The third kappa shape index (κ3) is 3.37. The van der Waals surface area contributed by atoms with Crippen LogP contribution in [0.25, 0.3) is 11.0 Å². The van der Waals surface area contributed by atoms with Crippen LogP contribution in [0.15, 0.2) is 36.5 Å². The highest BCUT2D eigenvalue weighted by Gasteiger charge is 2.11. The maximum Gasteiger partial charge on any atom is 0.223 e. The summed E-state index contributed by atoms with van der Waals surface area (Å²) in [6.07, 6.45) is 3.66. The van der Waals surface area contributed by atoms with Crippen LogP contribution < -0.4 is 5.73 Å². The van der Waals surface area contributed by atoms with E-state index in [0.717, 1.165) is 23.8 Å². The molecule has 0 aliphatic rings. The van der Waals surface area contributed by atoms with Crippen molar-refractivity contribution in [3.05, 3.63) is 52.8 Å². The maximum absolute atomic E-state index is 6.15. The van der Waals surface area contributed by atoms with E-state index in [1.54, 1.807) is 0 Å². The van der Waals surface area contributed by atoms with Gasteiger partial charge in [-0.15, -0.1) is 0 Å². The van der Waals surface area contributed by atoms with Crippen molar-refractivity contribution in [2.45, 2.75) is 19.4 Å². The van der Waals surface area contributed by atoms with Gasteiger partial charge in [0, 0.05) is 12.8 Å². The molecule has 0 bridgehead atoms. The fourth-order valence-electron chi connectivity index (χ4n) is 2.39. The van der Waals surface area contributed by atoms with Crippen molar-refractivity contribution in [2.24, 2.45) is 0 Å². The van der Waals surface area contributed by atoms with E-state index in [9.17, 15) is 0 Å². The molecule has 114 valence electrons. The quantitative estimate of drug-likeness (QED) is 0.540. The van der Waals surface area contributed by atoms with Gasteiger partial charge < -0.3 is 15.5 Å². The number of hydrogen-bond donors (Lipinski definition) is 2. The predicted octanol–water partition coefficient (Wildman–Crippen LogP) is 3.34. The van der Waals surface area contributed by atoms with Crippen LogP contribution in [0, 0.1) is 0 Å². The summed E-state index contributed by atoms with van der Waals surface area (Å²) in [5.41, 5.74) is 8.53. The van der Waals surface area contributed by atoms with Crippen molar-refractivity contribution in [1.29, 1.82) is 0 Å². The molecule has 0 spiro atoms. The number of rotatable bonds is 6. The molecule has 3 aromatic rings. The average molecular weight is 317 g/mol. The standard InChI is InChI=1S/C16H17ClN4O/c17-14-13-12(9-19-15(13)21-16(18)20-14)7-4-8-22-10-11-5-2-1-3-6-11/h1-3,5-6,9H,4,7-8,10H2,(H3,18,19,20,21). The maximum atomic E-state index is 6.15. The molecule has 0 radical (unpaired) electrons. The first-order valence-electron chi connectivity index (χ1n) is 7.14. The Morgan fingerprint density at radius 3 is 2.82 bits per heavy atom. The lowest BCUT2D eigenvalue weighted by molar-refractivity contribution is 0.119. The number of aromatic amines is 1. The summed E-state index contributed by atoms with van der Waals surface area (Å²) in [6, 6.07) is 10.1. The summed E-state index contributed by atoms with van der Waals surface area (Å²) in [6.45, 7) is 1.32. The van der Waals surface area contributed by atoms with Gasteiger partial charge in [-0.25, -0.2) is 4.98 Å². The van der Waals surface area contributed by atoms with Crippen LogP contribution in [-0.4, -0.2) is 21.6 Å². The van der Waals surface area contributed by atoms with Gasteiger partial charge in [-0.05, 0) is 24.0 Å². The first kappa shape index (κ1) is 14.8. The zero-order valence-electron chi connectivity index (χ0n) is 12.1. The number of nitrogens with zero attached hydrogens (tertiary/aromatic N) is 2. The highest BCUT2D eigenvalue weighted by molar-refractivity contribution is 6.34. The Morgan fingerprint density at radius 1 is 1.18 bits per heavy atom. The number of halogens is 1. The van der Waals surface area contributed by atoms with Gasteiger partial charge >= 0.3 is 0 Å². The number of aryl methyl sites for hydroxylation is 1. The number of H-pyrrole nitrogens is 1. The number of aromatic nitrogens is 3. The molecule has 6 heteroatoms. The van der Waals surface area contributed by atoms with Gasteiger partial charge in [0.25, 0.3) is 0 Å². The van der Waals surface area contributed by atoms with E-state index in [2.05, 4.69) is 27.1 Å². The summed E-state index contributed by atoms with van der Waals surface area (Å²) in [5, 5.41) is 1.24. The first-order chi connectivity index (χ1) is 10.7. The normalized spacial score (nSPS) is 11.1. The smallest absolute Gasteiger partial charge is 0.223 e. The third-order valence-electron chi connectivity index (χ3n) is 3.43. The van der Waals surface area contributed by atoms with Crippen molar-refractivity contribution in [3.63, 3.8) is 0 Å². The van der Waals surface area contributed by atoms with Crippen LogP contribution in [0.2, 0.25) is 5.15 Å². The SMILES string of the molecule is Nc1nc(Cl)c2c(CCCOCc3ccccc3)c[nH]c2n1. The van der Waals surface area contributed by atoms with E-state index in [1.165, 1.54) is 5.56 Å². The number of benzene rings is 1.